The minimum atomic E-state index is -0.750. The van der Waals surface area contributed by atoms with Crippen molar-refractivity contribution in [1.82, 2.24) is 20.4 Å². The molecule has 4 rings (SSSR count). The maximum Gasteiger partial charge on any atom is 0.317 e. The Balaban J connectivity index is 1.30. The number of nitrogens with one attached hydrogen (secondary N) is 2. The highest BCUT2D eigenvalue weighted by molar-refractivity contribution is 5.69. The molecular weight excluding hydrogens is 347 g/mol. The third kappa shape index (κ3) is 4.36. The molecular formula is C20H25FN4O2. The van der Waals surface area contributed by atoms with E-state index in [4.69, 9.17) is 5.11 Å². The van der Waals surface area contributed by atoms with E-state index in [2.05, 4.69) is 20.4 Å². The summed E-state index contributed by atoms with van der Waals surface area (Å²) < 4.78 is 14.0. The number of rotatable bonds is 9. The predicted octanol–water partition coefficient (Wildman–Crippen LogP) is 2.63. The molecule has 144 valence electrons. The number of carboxylic acids is 1. The van der Waals surface area contributed by atoms with Crippen LogP contribution in [0.3, 0.4) is 0 Å². The van der Waals surface area contributed by atoms with Gasteiger partial charge in [-0.15, -0.1) is 0 Å². The van der Waals surface area contributed by atoms with Crippen molar-refractivity contribution in [2.45, 2.75) is 44.3 Å². The predicted molar refractivity (Wildman–Crippen MR) is 99.6 cm³/mol. The van der Waals surface area contributed by atoms with Crippen LogP contribution in [0.5, 0.6) is 0 Å². The van der Waals surface area contributed by atoms with Crippen LogP contribution in [0.1, 0.15) is 31.2 Å². The fourth-order valence-corrected chi connectivity index (χ4v) is 3.80. The zero-order chi connectivity index (χ0) is 18.8. The van der Waals surface area contributed by atoms with Crippen LogP contribution in [0.4, 0.5) is 4.39 Å². The monoisotopic (exact) mass is 372 g/mol. The molecule has 7 heteroatoms. The van der Waals surface area contributed by atoms with E-state index in [1.165, 1.54) is 18.9 Å². The lowest BCUT2D eigenvalue weighted by molar-refractivity contribution is -0.139. The summed E-state index contributed by atoms with van der Waals surface area (Å²) in [5, 5.41) is 19.6. The molecule has 27 heavy (non-hydrogen) atoms. The van der Waals surface area contributed by atoms with Gasteiger partial charge in [-0.05, 0) is 43.7 Å². The van der Waals surface area contributed by atoms with Crippen LogP contribution in [-0.4, -0.2) is 51.3 Å². The average Bonchev–Trinajstić information content (AvgIpc) is 3.28. The second-order valence-corrected chi connectivity index (χ2v) is 7.72. The summed E-state index contributed by atoms with van der Waals surface area (Å²) in [5.41, 5.74) is 2.16. The molecule has 0 unspecified atom stereocenters. The molecule has 0 amide bonds. The summed E-state index contributed by atoms with van der Waals surface area (Å²) in [5.74, 6) is -0.332. The number of aromatic amines is 1. The van der Waals surface area contributed by atoms with Crippen molar-refractivity contribution in [2.75, 3.05) is 13.1 Å². The zero-order valence-corrected chi connectivity index (χ0v) is 15.2. The molecule has 0 spiro atoms. The molecule has 0 radical (unpaired) electrons. The van der Waals surface area contributed by atoms with Gasteiger partial charge in [0.1, 0.15) is 5.82 Å². The zero-order valence-electron chi connectivity index (χ0n) is 15.2. The van der Waals surface area contributed by atoms with E-state index < -0.39 is 5.97 Å². The largest absolute Gasteiger partial charge is 0.480 e. The van der Waals surface area contributed by atoms with Gasteiger partial charge in [0.05, 0.1) is 18.4 Å². The van der Waals surface area contributed by atoms with Gasteiger partial charge in [0.15, 0.2) is 0 Å². The molecule has 0 atom stereocenters. The van der Waals surface area contributed by atoms with Crippen molar-refractivity contribution in [3.05, 3.63) is 41.8 Å². The van der Waals surface area contributed by atoms with Crippen molar-refractivity contribution < 1.29 is 14.3 Å². The first-order chi connectivity index (χ1) is 13.1. The maximum absolute atomic E-state index is 14.0. The normalized spacial score (nSPS) is 22.0. The summed E-state index contributed by atoms with van der Waals surface area (Å²) in [7, 11) is 0. The first-order valence-electron chi connectivity index (χ1n) is 9.56. The van der Waals surface area contributed by atoms with Crippen molar-refractivity contribution in [3.63, 3.8) is 0 Å². The fraction of sp³-hybridized carbons (Fsp3) is 0.500. The number of carbonyl (C=O) groups is 1. The van der Waals surface area contributed by atoms with E-state index in [1.807, 2.05) is 6.07 Å². The smallest absolute Gasteiger partial charge is 0.317 e. The number of aliphatic carboxylic acids is 1. The lowest BCUT2D eigenvalue weighted by Gasteiger charge is -2.43. The van der Waals surface area contributed by atoms with Crippen LogP contribution in [0.2, 0.25) is 0 Å². The van der Waals surface area contributed by atoms with Crippen LogP contribution in [0.25, 0.3) is 11.3 Å². The molecule has 3 N–H and O–H groups in total. The van der Waals surface area contributed by atoms with E-state index in [1.54, 1.807) is 18.3 Å². The van der Waals surface area contributed by atoms with E-state index in [0.717, 1.165) is 24.9 Å². The average molecular weight is 372 g/mol. The number of nitrogens with zero attached hydrogens (tertiary/aromatic N) is 2. The molecule has 6 nitrogen and oxygen atoms in total. The van der Waals surface area contributed by atoms with Gasteiger partial charge in [0.25, 0.3) is 0 Å². The number of H-pyrrole nitrogens is 1. The Morgan fingerprint density at radius 3 is 2.81 bits per heavy atom. The first-order valence-corrected chi connectivity index (χ1v) is 9.56. The third-order valence-electron chi connectivity index (χ3n) is 5.60. The highest BCUT2D eigenvalue weighted by Gasteiger charge is 2.36. The Bertz CT molecular complexity index is 799. The topological polar surface area (TPSA) is 81.2 Å². The van der Waals surface area contributed by atoms with Crippen molar-refractivity contribution >= 4 is 5.97 Å². The number of hydrogen-bond acceptors (Lipinski definition) is 4. The molecule has 1 heterocycles. The van der Waals surface area contributed by atoms with Crippen LogP contribution < -0.4 is 5.32 Å². The van der Waals surface area contributed by atoms with Crippen molar-refractivity contribution in [3.8, 4) is 11.3 Å². The Labute approximate surface area is 157 Å². The van der Waals surface area contributed by atoms with Crippen molar-refractivity contribution in [1.29, 1.82) is 0 Å². The summed E-state index contributed by atoms with van der Waals surface area (Å²) in [6.45, 7) is 1.65. The molecule has 2 fully saturated rings. The molecule has 2 aliphatic rings. The van der Waals surface area contributed by atoms with E-state index in [0.29, 0.717) is 35.8 Å². The third-order valence-corrected chi connectivity index (χ3v) is 5.60. The minimum absolute atomic E-state index is 0.132. The lowest BCUT2D eigenvalue weighted by Crippen LogP contribution is -2.54. The Morgan fingerprint density at radius 2 is 2.11 bits per heavy atom. The Hall–Kier alpha value is -2.25. The SMILES string of the molecule is O=C(O)CN(CC1CC1)C1CC(NCc2cn[nH]c2-c2ccccc2F)C1. The second-order valence-electron chi connectivity index (χ2n) is 7.72. The molecule has 1 aromatic carbocycles. The van der Waals surface area contributed by atoms with E-state index in [-0.39, 0.29) is 12.4 Å². The van der Waals surface area contributed by atoms with E-state index in [9.17, 15) is 9.18 Å². The summed E-state index contributed by atoms with van der Waals surface area (Å²) in [4.78, 5) is 13.2. The van der Waals surface area contributed by atoms with Gasteiger partial charge in [0, 0.05) is 36.3 Å². The number of benzene rings is 1. The maximum atomic E-state index is 14.0. The lowest BCUT2D eigenvalue weighted by atomic mass is 9.85. The molecule has 0 aliphatic heterocycles. The van der Waals surface area contributed by atoms with Gasteiger partial charge in [-0.2, -0.15) is 5.10 Å². The molecule has 1 aromatic heterocycles. The van der Waals surface area contributed by atoms with Gasteiger partial charge < -0.3 is 10.4 Å². The fourth-order valence-electron chi connectivity index (χ4n) is 3.80. The van der Waals surface area contributed by atoms with Gasteiger partial charge in [-0.3, -0.25) is 14.8 Å². The second kappa shape index (κ2) is 7.78. The standard InChI is InChI=1S/C20H25FN4O2/c21-18-4-2-1-3-17(18)20-14(10-23-24-20)9-22-15-7-16(8-15)25(12-19(26)27)11-13-5-6-13/h1-4,10,13,15-16,22H,5-9,11-12H2,(H,23,24)(H,26,27). The van der Waals surface area contributed by atoms with Gasteiger partial charge in [0.2, 0.25) is 0 Å². The Kier molecular flexibility index (Phi) is 5.22. The van der Waals surface area contributed by atoms with Gasteiger partial charge in [-0.25, -0.2) is 4.39 Å². The Morgan fingerprint density at radius 1 is 1.33 bits per heavy atom. The van der Waals surface area contributed by atoms with Crippen LogP contribution in [-0.2, 0) is 11.3 Å². The van der Waals surface area contributed by atoms with Gasteiger partial charge >= 0.3 is 5.97 Å². The van der Waals surface area contributed by atoms with Crippen LogP contribution >= 0.6 is 0 Å². The van der Waals surface area contributed by atoms with Crippen LogP contribution in [0, 0.1) is 11.7 Å². The highest BCUT2D eigenvalue weighted by Crippen LogP contribution is 2.34. The minimum Gasteiger partial charge on any atom is -0.480 e. The summed E-state index contributed by atoms with van der Waals surface area (Å²) >= 11 is 0. The number of carboxylic acid groups (broad SMARTS) is 1. The molecule has 0 bridgehead atoms. The molecule has 0 saturated heterocycles. The summed E-state index contributed by atoms with van der Waals surface area (Å²) in [6, 6.07) is 7.37. The van der Waals surface area contributed by atoms with E-state index >= 15 is 0 Å². The quantitative estimate of drug-likeness (QED) is 0.630. The highest BCUT2D eigenvalue weighted by atomic mass is 19.1. The molecule has 2 saturated carbocycles. The molecule has 2 aliphatic carbocycles. The van der Waals surface area contributed by atoms with Gasteiger partial charge in [-0.1, -0.05) is 12.1 Å². The summed E-state index contributed by atoms with van der Waals surface area (Å²) in [6.07, 6.45) is 6.09. The van der Waals surface area contributed by atoms with Crippen molar-refractivity contribution in [2.24, 2.45) is 5.92 Å². The number of hydrogen-bond donors (Lipinski definition) is 3. The number of halogens is 1. The van der Waals surface area contributed by atoms with Crippen LogP contribution in [0.15, 0.2) is 30.5 Å². The first kappa shape index (κ1) is 18.1. The molecule has 2 aromatic rings. The number of aromatic nitrogens is 2.